The molecule has 2 heterocycles. The summed E-state index contributed by atoms with van der Waals surface area (Å²) < 4.78 is 0. The minimum absolute atomic E-state index is 0.134. The lowest BCUT2D eigenvalue weighted by Crippen LogP contribution is -2.47. The highest BCUT2D eigenvalue weighted by Gasteiger charge is 2.42. The smallest absolute Gasteiger partial charge is 0.269 e. The number of aliphatic hydroxyl groups is 1. The summed E-state index contributed by atoms with van der Waals surface area (Å²) in [4.78, 5) is 14.9. The third-order valence-corrected chi connectivity index (χ3v) is 4.13. The van der Waals surface area contributed by atoms with Crippen molar-refractivity contribution in [1.82, 2.24) is 4.90 Å². The Hall–Kier alpha value is -1.66. The van der Waals surface area contributed by atoms with Gasteiger partial charge in [0, 0.05) is 49.5 Å². The molecule has 19 heavy (non-hydrogen) atoms. The van der Waals surface area contributed by atoms with Gasteiger partial charge in [0.05, 0.1) is 11.5 Å². The number of rotatable bonds is 4. The molecule has 3 rings (SSSR count). The van der Waals surface area contributed by atoms with E-state index in [0.29, 0.717) is 12.1 Å². The third-order valence-electron chi connectivity index (χ3n) is 4.13. The largest absolute Gasteiger partial charge is 0.395 e. The minimum Gasteiger partial charge on any atom is -0.395 e. The van der Waals surface area contributed by atoms with Gasteiger partial charge < -0.3 is 10.0 Å². The number of nitrogens with zero attached hydrogens (tertiary/aromatic N) is 3. The monoisotopic (exact) mass is 263 g/mol. The Kier molecular flexibility index (Phi) is 3.12. The molecule has 2 aliphatic heterocycles. The first kappa shape index (κ1) is 12.4. The Morgan fingerprint density at radius 2 is 2.00 bits per heavy atom. The summed E-state index contributed by atoms with van der Waals surface area (Å²) in [6.07, 6.45) is 1.12. The average molecular weight is 263 g/mol. The summed E-state index contributed by atoms with van der Waals surface area (Å²) in [6, 6.07) is 7.76. The quantitative estimate of drug-likeness (QED) is 0.644. The first-order chi connectivity index (χ1) is 9.19. The van der Waals surface area contributed by atoms with Gasteiger partial charge in [0.25, 0.3) is 5.69 Å². The first-order valence-electron chi connectivity index (χ1n) is 6.55. The molecule has 2 aliphatic rings. The molecule has 1 aromatic rings. The average Bonchev–Trinajstić information content (AvgIpc) is 2.99. The molecule has 0 amide bonds. The standard InChI is InChI=1S/C13H17N3O3/c17-6-5-14-8-13-7-12(14)9-15(13)10-1-3-11(4-2-10)16(18)19/h1-4,12-13,17H,5-9H2/t12-,13-/m0/s1. The third kappa shape index (κ3) is 2.17. The highest BCUT2D eigenvalue weighted by Crippen LogP contribution is 2.34. The van der Waals surface area contributed by atoms with Crippen LogP contribution in [0.3, 0.4) is 0 Å². The maximum absolute atomic E-state index is 10.6. The van der Waals surface area contributed by atoms with Gasteiger partial charge in [-0.1, -0.05) is 0 Å². The Morgan fingerprint density at radius 3 is 2.53 bits per heavy atom. The number of piperazine rings is 1. The van der Waals surface area contributed by atoms with E-state index in [4.69, 9.17) is 5.11 Å². The van der Waals surface area contributed by atoms with Gasteiger partial charge in [0.2, 0.25) is 0 Å². The lowest BCUT2D eigenvalue weighted by molar-refractivity contribution is -0.384. The van der Waals surface area contributed by atoms with Crippen LogP contribution in [-0.2, 0) is 0 Å². The Bertz CT molecular complexity index is 477. The number of hydrogen-bond donors (Lipinski definition) is 1. The molecule has 0 aliphatic carbocycles. The van der Waals surface area contributed by atoms with Crippen LogP contribution in [0.25, 0.3) is 0 Å². The second-order valence-corrected chi connectivity index (χ2v) is 5.19. The van der Waals surface area contributed by atoms with Gasteiger partial charge in [0.15, 0.2) is 0 Å². The van der Waals surface area contributed by atoms with Crippen LogP contribution in [0, 0.1) is 10.1 Å². The number of β-amino-alcohol motifs (C(OH)–C–C–N with tert-alkyl or cyclic N) is 1. The Labute approximate surface area is 111 Å². The molecular weight excluding hydrogens is 246 g/mol. The number of aliphatic hydroxyl groups excluding tert-OH is 1. The molecule has 0 unspecified atom stereocenters. The molecule has 2 atom stereocenters. The summed E-state index contributed by atoms with van der Waals surface area (Å²) in [5, 5.41) is 19.6. The van der Waals surface area contributed by atoms with Crippen molar-refractivity contribution in [3.63, 3.8) is 0 Å². The summed E-state index contributed by atoms with van der Waals surface area (Å²) in [6.45, 7) is 2.88. The van der Waals surface area contributed by atoms with Gasteiger partial charge >= 0.3 is 0 Å². The summed E-state index contributed by atoms with van der Waals surface area (Å²) in [5.74, 6) is 0. The van der Waals surface area contributed by atoms with Crippen molar-refractivity contribution in [1.29, 1.82) is 0 Å². The molecule has 6 heteroatoms. The zero-order valence-electron chi connectivity index (χ0n) is 10.6. The van der Waals surface area contributed by atoms with E-state index in [1.54, 1.807) is 12.1 Å². The Morgan fingerprint density at radius 1 is 1.26 bits per heavy atom. The molecule has 2 bridgehead atoms. The topological polar surface area (TPSA) is 69.9 Å². The summed E-state index contributed by atoms with van der Waals surface area (Å²) in [5.41, 5.74) is 1.19. The molecule has 0 aromatic heterocycles. The van der Waals surface area contributed by atoms with E-state index in [0.717, 1.165) is 31.7 Å². The van der Waals surface area contributed by atoms with Crippen LogP contribution in [0.15, 0.2) is 24.3 Å². The van der Waals surface area contributed by atoms with Gasteiger partial charge in [-0.05, 0) is 18.6 Å². The van der Waals surface area contributed by atoms with Crippen LogP contribution >= 0.6 is 0 Å². The normalized spacial score (nSPS) is 26.1. The molecule has 0 spiro atoms. The van der Waals surface area contributed by atoms with Crippen LogP contribution in [0.2, 0.25) is 0 Å². The molecule has 6 nitrogen and oxygen atoms in total. The van der Waals surface area contributed by atoms with Crippen LogP contribution in [0.5, 0.6) is 0 Å². The van der Waals surface area contributed by atoms with E-state index in [9.17, 15) is 10.1 Å². The maximum atomic E-state index is 10.6. The molecule has 0 radical (unpaired) electrons. The van der Waals surface area contributed by atoms with Gasteiger partial charge in [-0.3, -0.25) is 15.0 Å². The van der Waals surface area contributed by atoms with Gasteiger partial charge in [0.1, 0.15) is 0 Å². The number of anilines is 1. The predicted molar refractivity (Wildman–Crippen MR) is 71.3 cm³/mol. The molecule has 102 valence electrons. The molecule has 2 fully saturated rings. The van der Waals surface area contributed by atoms with Crippen LogP contribution < -0.4 is 4.90 Å². The first-order valence-corrected chi connectivity index (χ1v) is 6.55. The van der Waals surface area contributed by atoms with Gasteiger partial charge in [-0.15, -0.1) is 0 Å². The van der Waals surface area contributed by atoms with E-state index in [1.165, 1.54) is 0 Å². The van der Waals surface area contributed by atoms with Gasteiger partial charge in [-0.2, -0.15) is 0 Å². The van der Waals surface area contributed by atoms with E-state index in [2.05, 4.69) is 9.80 Å². The number of benzene rings is 1. The number of fused-ring (bicyclic) bond motifs is 2. The highest BCUT2D eigenvalue weighted by atomic mass is 16.6. The van der Waals surface area contributed by atoms with Crippen LogP contribution in [0.4, 0.5) is 11.4 Å². The molecule has 0 saturated carbocycles. The zero-order chi connectivity index (χ0) is 13.4. The van der Waals surface area contributed by atoms with E-state index in [1.807, 2.05) is 12.1 Å². The number of nitro groups is 1. The number of non-ortho nitro benzene ring substituents is 1. The minimum atomic E-state index is -0.372. The second-order valence-electron chi connectivity index (χ2n) is 5.19. The second kappa shape index (κ2) is 4.79. The van der Waals surface area contributed by atoms with E-state index < -0.39 is 0 Å². The van der Waals surface area contributed by atoms with Gasteiger partial charge in [-0.25, -0.2) is 0 Å². The summed E-state index contributed by atoms with van der Waals surface area (Å²) >= 11 is 0. The van der Waals surface area contributed by atoms with Crippen molar-refractivity contribution >= 4 is 11.4 Å². The van der Waals surface area contributed by atoms with Crippen molar-refractivity contribution in [2.24, 2.45) is 0 Å². The number of likely N-dealkylation sites (tertiary alicyclic amines) is 1. The van der Waals surface area contributed by atoms with Crippen LogP contribution in [0.1, 0.15) is 6.42 Å². The fourth-order valence-corrected chi connectivity index (χ4v) is 3.23. The lowest BCUT2D eigenvalue weighted by Gasteiger charge is -2.35. The zero-order valence-corrected chi connectivity index (χ0v) is 10.6. The molecular formula is C13H17N3O3. The SMILES string of the molecule is O=[N+]([O-])c1ccc(N2C[C@@H]3C[C@H]2CN3CCO)cc1. The van der Waals surface area contributed by atoms with Crippen molar-refractivity contribution < 1.29 is 10.0 Å². The van der Waals surface area contributed by atoms with E-state index >= 15 is 0 Å². The Balaban J connectivity index is 1.71. The fraction of sp³-hybridized carbons (Fsp3) is 0.538. The van der Waals surface area contributed by atoms with Crippen molar-refractivity contribution in [3.8, 4) is 0 Å². The molecule has 1 aromatic carbocycles. The maximum Gasteiger partial charge on any atom is 0.269 e. The number of nitro benzene ring substituents is 1. The predicted octanol–water partition coefficient (Wildman–Crippen LogP) is 0.850. The van der Waals surface area contributed by atoms with Crippen molar-refractivity contribution in [2.45, 2.75) is 18.5 Å². The number of hydrogen-bond acceptors (Lipinski definition) is 5. The molecule has 1 N–H and O–H groups in total. The lowest BCUT2D eigenvalue weighted by atomic mass is 10.2. The van der Waals surface area contributed by atoms with Crippen molar-refractivity contribution in [2.75, 3.05) is 31.1 Å². The van der Waals surface area contributed by atoms with E-state index in [-0.39, 0.29) is 17.2 Å². The summed E-state index contributed by atoms with van der Waals surface area (Å²) in [7, 11) is 0. The highest BCUT2D eigenvalue weighted by molar-refractivity contribution is 5.53. The van der Waals surface area contributed by atoms with Crippen LogP contribution in [-0.4, -0.2) is 53.3 Å². The van der Waals surface area contributed by atoms with Crippen molar-refractivity contribution in [3.05, 3.63) is 34.4 Å². The molecule has 2 saturated heterocycles. The fourth-order valence-electron chi connectivity index (χ4n) is 3.23.